The van der Waals surface area contributed by atoms with Crippen molar-refractivity contribution in [2.45, 2.75) is 52.4 Å². The zero-order valence-electron chi connectivity index (χ0n) is 14.6. The van der Waals surface area contributed by atoms with E-state index in [0.29, 0.717) is 5.92 Å². The molecule has 0 saturated heterocycles. The Morgan fingerprint density at radius 1 is 0.955 bits per heavy atom. The molecule has 0 spiro atoms. The summed E-state index contributed by atoms with van der Waals surface area (Å²) in [5, 5.41) is 0. The van der Waals surface area contributed by atoms with Crippen LogP contribution in [0.1, 0.15) is 69.2 Å². The van der Waals surface area contributed by atoms with Crippen LogP contribution in [-0.4, -0.2) is 0 Å². The largest absolute Gasteiger partial charge is 0.0905 e. The van der Waals surface area contributed by atoms with Crippen LogP contribution in [0.25, 0.3) is 5.57 Å². The Morgan fingerprint density at radius 2 is 1.50 bits per heavy atom. The third kappa shape index (κ3) is 3.32. The van der Waals surface area contributed by atoms with E-state index in [-0.39, 0.29) is 5.41 Å². The molecular weight excluding hydrogens is 264 g/mol. The highest BCUT2D eigenvalue weighted by atomic mass is 14.2. The summed E-state index contributed by atoms with van der Waals surface area (Å²) >= 11 is 0. The normalized spacial score (nSPS) is 13.0. The summed E-state index contributed by atoms with van der Waals surface area (Å²) in [6.45, 7) is 15.8. The van der Waals surface area contributed by atoms with Gasteiger partial charge < -0.3 is 0 Å². The zero-order valence-corrected chi connectivity index (χ0v) is 14.6. The maximum atomic E-state index is 4.45. The van der Waals surface area contributed by atoms with Gasteiger partial charge in [0.15, 0.2) is 0 Å². The van der Waals surface area contributed by atoms with Crippen LogP contribution < -0.4 is 0 Å². The van der Waals surface area contributed by atoms with E-state index in [1.54, 1.807) is 0 Å². The fourth-order valence-electron chi connectivity index (χ4n) is 2.97. The molecule has 1 unspecified atom stereocenters. The predicted octanol–water partition coefficient (Wildman–Crippen LogP) is 6.56. The van der Waals surface area contributed by atoms with Crippen LogP contribution in [0.5, 0.6) is 0 Å². The highest BCUT2D eigenvalue weighted by Crippen LogP contribution is 2.35. The van der Waals surface area contributed by atoms with Gasteiger partial charge in [-0.2, -0.15) is 0 Å². The van der Waals surface area contributed by atoms with E-state index < -0.39 is 0 Å². The minimum absolute atomic E-state index is 0.116. The van der Waals surface area contributed by atoms with Gasteiger partial charge >= 0.3 is 0 Å². The Bertz CT molecular complexity index is 656. The molecule has 0 heterocycles. The molecule has 0 nitrogen and oxygen atoms in total. The van der Waals surface area contributed by atoms with E-state index in [1.165, 1.54) is 22.3 Å². The van der Waals surface area contributed by atoms with Crippen molar-refractivity contribution in [2.24, 2.45) is 0 Å². The first-order valence-corrected chi connectivity index (χ1v) is 8.24. The monoisotopic (exact) mass is 292 g/mol. The maximum absolute atomic E-state index is 4.45. The molecule has 2 rings (SSSR count). The van der Waals surface area contributed by atoms with Crippen molar-refractivity contribution < 1.29 is 0 Å². The van der Waals surface area contributed by atoms with Gasteiger partial charge in [0.2, 0.25) is 0 Å². The summed E-state index contributed by atoms with van der Waals surface area (Å²) in [7, 11) is 0. The lowest BCUT2D eigenvalue weighted by molar-refractivity contribution is 0.588. The van der Waals surface area contributed by atoms with E-state index in [0.717, 1.165) is 12.0 Å². The van der Waals surface area contributed by atoms with Crippen LogP contribution in [0.4, 0.5) is 0 Å². The molecule has 1 atom stereocenters. The summed E-state index contributed by atoms with van der Waals surface area (Å²) in [5.74, 6) is 0.551. The second-order valence-corrected chi connectivity index (χ2v) is 7.17. The van der Waals surface area contributed by atoms with Gasteiger partial charge in [-0.1, -0.05) is 89.7 Å². The number of benzene rings is 2. The molecule has 0 aromatic heterocycles. The lowest BCUT2D eigenvalue weighted by Crippen LogP contribution is -2.14. The van der Waals surface area contributed by atoms with E-state index >= 15 is 0 Å². The lowest BCUT2D eigenvalue weighted by Gasteiger charge is -2.25. The first kappa shape index (κ1) is 16.5. The molecule has 0 aliphatic carbocycles. The Morgan fingerprint density at radius 3 is 2.09 bits per heavy atom. The van der Waals surface area contributed by atoms with Gasteiger partial charge in [-0.3, -0.25) is 0 Å². The van der Waals surface area contributed by atoms with Crippen molar-refractivity contribution in [3.8, 4) is 0 Å². The second kappa shape index (κ2) is 6.52. The predicted molar refractivity (Wildman–Crippen MR) is 98.4 cm³/mol. The molecule has 0 aliphatic rings. The average Bonchev–Trinajstić information content (AvgIpc) is 2.52. The zero-order chi connectivity index (χ0) is 16.3. The van der Waals surface area contributed by atoms with E-state index in [1.807, 2.05) is 0 Å². The molecule has 0 bridgehead atoms. The van der Waals surface area contributed by atoms with Gasteiger partial charge in [0.25, 0.3) is 0 Å². The van der Waals surface area contributed by atoms with Crippen molar-refractivity contribution in [1.29, 1.82) is 0 Å². The molecular formula is C22H28. The highest BCUT2D eigenvalue weighted by molar-refractivity contribution is 5.82. The molecule has 0 saturated carbocycles. The Balaban J connectivity index is 2.55. The number of hydrogen-bond acceptors (Lipinski definition) is 0. The molecule has 22 heavy (non-hydrogen) atoms. The summed E-state index contributed by atoms with van der Waals surface area (Å²) in [6.07, 6.45) is 1.14. The van der Waals surface area contributed by atoms with Crippen molar-refractivity contribution in [3.05, 3.63) is 77.4 Å². The molecule has 2 aromatic rings. The summed E-state index contributed by atoms with van der Waals surface area (Å²) in [6, 6.07) is 17.4. The smallest absolute Gasteiger partial charge is 0.0126 e. The van der Waals surface area contributed by atoms with Crippen molar-refractivity contribution in [3.63, 3.8) is 0 Å². The van der Waals surface area contributed by atoms with Crippen LogP contribution in [0, 0.1) is 0 Å². The van der Waals surface area contributed by atoms with Crippen molar-refractivity contribution >= 4 is 5.57 Å². The van der Waals surface area contributed by atoms with Crippen molar-refractivity contribution in [1.82, 2.24) is 0 Å². The third-order valence-electron chi connectivity index (χ3n) is 4.49. The maximum Gasteiger partial charge on any atom is -0.0126 e. The molecule has 116 valence electrons. The first-order chi connectivity index (χ1) is 10.4. The van der Waals surface area contributed by atoms with Gasteiger partial charge in [-0.25, -0.2) is 0 Å². The van der Waals surface area contributed by atoms with Gasteiger partial charge in [0.1, 0.15) is 0 Å². The highest BCUT2D eigenvalue weighted by Gasteiger charge is 2.20. The molecule has 2 aromatic carbocycles. The summed E-state index contributed by atoms with van der Waals surface area (Å²) in [5.41, 5.74) is 6.57. The van der Waals surface area contributed by atoms with Gasteiger partial charge in [-0.05, 0) is 45.6 Å². The third-order valence-corrected chi connectivity index (χ3v) is 4.49. The fraction of sp³-hybridized carbons (Fsp3) is 0.364. The van der Waals surface area contributed by atoms with E-state index in [9.17, 15) is 0 Å². The van der Waals surface area contributed by atoms with Crippen LogP contribution in [-0.2, 0) is 5.41 Å². The minimum atomic E-state index is 0.116. The molecule has 0 amide bonds. The standard InChI is InChI=1S/C22H28/c1-7-16(2)18-12-8-9-13-19(18)17(3)20-14-10-11-15-21(20)22(4,5)6/h8-16H,3,7H2,1-2,4-6H3. The first-order valence-electron chi connectivity index (χ1n) is 8.24. The topological polar surface area (TPSA) is 0 Å². The summed E-state index contributed by atoms with van der Waals surface area (Å²) < 4.78 is 0. The number of rotatable bonds is 4. The van der Waals surface area contributed by atoms with Gasteiger partial charge in [-0.15, -0.1) is 0 Å². The second-order valence-electron chi connectivity index (χ2n) is 7.17. The molecule has 0 heteroatoms. The SMILES string of the molecule is C=C(c1ccccc1C(C)CC)c1ccccc1C(C)(C)C. The van der Waals surface area contributed by atoms with E-state index in [2.05, 4.69) is 89.7 Å². The van der Waals surface area contributed by atoms with E-state index in [4.69, 9.17) is 0 Å². The van der Waals surface area contributed by atoms with Crippen LogP contribution in [0.3, 0.4) is 0 Å². The van der Waals surface area contributed by atoms with Crippen LogP contribution in [0.15, 0.2) is 55.1 Å². The number of hydrogen-bond donors (Lipinski definition) is 0. The Kier molecular flexibility index (Phi) is 4.90. The lowest BCUT2D eigenvalue weighted by atomic mass is 9.79. The van der Waals surface area contributed by atoms with Gasteiger partial charge in [0.05, 0.1) is 0 Å². The molecule has 0 radical (unpaired) electrons. The quantitative estimate of drug-likeness (QED) is 0.598. The molecule has 0 N–H and O–H groups in total. The average molecular weight is 292 g/mol. The Labute approximate surface area is 135 Å². The van der Waals surface area contributed by atoms with Crippen LogP contribution >= 0.6 is 0 Å². The molecule has 0 aliphatic heterocycles. The molecule has 0 fully saturated rings. The Hall–Kier alpha value is -1.82. The van der Waals surface area contributed by atoms with Crippen LogP contribution in [0.2, 0.25) is 0 Å². The van der Waals surface area contributed by atoms with Crippen molar-refractivity contribution in [2.75, 3.05) is 0 Å². The summed E-state index contributed by atoms with van der Waals surface area (Å²) in [4.78, 5) is 0. The van der Waals surface area contributed by atoms with Gasteiger partial charge in [0, 0.05) is 0 Å². The fourth-order valence-corrected chi connectivity index (χ4v) is 2.97. The minimum Gasteiger partial charge on any atom is -0.0905 e.